The zero-order valence-corrected chi connectivity index (χ0v) is 7.51. The first-order valence-electron chi connectivity index (χ1n) is 4.49. The standard InChI is InChI=1S/C9H19NO/c1-9(2,10)8(11)7-5-3-4-6-7/h7-8,11H,3-6,10H2,1-2H3. The van der Waals surface area contributed by atoms with Crippen molar-refractivity contribution in [2.24, 2.45) is 11.7 Å². The van der Waals surface area contributed by atoms with Crippen LogP contribution in [-0.2, 0) is 0 Å². The molecule has 0 aromatic carbocycles. The zero-order valence-electron chi connectivity index (χ0n) is 7.51. The van der Waals surface area contributed by atoms with Gasteiger partial charge in [-0.1, -0.05) is 12.8 Å². The van der Waals surface area contributed by atoms with Crippen LogP contribution in [0.1, 0.15) is 39.5 Å². The van der Waals surface area contributed by atoms with E-state index in [0.29, 0.717) is 5.92 Å². The van der Waals surface area contributed by atoms with Crippen molar-refractivity contribution in [1.29, 1.82) is 0 Å². The molecule has 0 radical (unpaired) electrons. The summed E-state index contributed by atoms with van der Waals surface area (Å²) in [6.07, 6.45) is 4.52. The SMILES string of the molecule is CC(C)(N)C(O)C1CCCC1. The van der Waals surface area contributed by atoms with Gasteiger partial charge in [-0.05, 0) is 32.6 Å². The monoisotopic (exact) mass is 157 g/mol. The van der Waals surface area contributed by atoms with Gasteiger partial charge >= 0.3 is 0 Å². The lowest BCUT2D eigenvalue weighted by molar-refractivity contribution is 0.0498. The molecule has 0 heterocycles. The summed E-state index contributed by atoms with van der Waals surface area (Å²) in [4.78, 5) is 0. The van der Waals surface area contributed by atoms with Crippen LogP contribution >= 0.6 is 0 Å². The predicted octanol–water partition coefficient (Wildman–Crippen LogP) is 1.27. The molecule has 0 aliphatic heterocycles. The van der Waals surface area contributed by atoms with Crippen molar-refractivity contribution < 1.29 is 5.11 Å². The molecule has 0 spiro atoms. The highest BCUT2D eigenvalue weighted by Gasteiger charge is 2.32. The fourth-order valence-corrected chi connectivity index (χ4v) is 1.88. The Bertz CT molecular complexity index is 122. The molecule has 0 aromatic heterocycles. The van der Waals surface area contributed by atoms with Crippen LogP contribution in [-0.4, -0.2) is 16.7 Å². The third-order valence-corrected chi connectivity index (χ3v) is 2.61. The van der Waals surface area contributed by atoms with E-state index in [-0.39, 0.29) is 6.10 Å². The topological polar surface area (TPSA) is 46.2 Å². The van der Waals surface area contributed by atoms with Crippen LogP contribution in [0.15, 0.2) is 0 Å². The van der Waals surface area contributed by atoms with Crippen LogP contribution in [0, 0.1) is 5.92 Å². The molecular formula is C9H19NO. The molecule has 0 amide bonds. The smallest absolute Gasteiger partial charge is 0.0742 e. The normalized spacial score (nSPS) is 24.0. The van der Waals surface area contributed by atoms with Crippen LogP contribution in [0.4, 0.5) is 0 Å². The van der Waals surface area contributed by atoms with Gasteiger partial charge in [0, 0.05) is 5.54 Å². The predicted molar refractivity (Wildman–Crippen MR) is 46.2 cm³/mol. The average molecular weight is 157 g/mol. The maximum Gasteiger partial charge on any atom is 0.0742 e. The molecule has 0 saturated heterocycles. The summed E-state index contributed by atoms with van der Waals surface area (Å²) in [5, 5.41) is 9.76. The Morgan fingerprint density at radius 2 is 1.82 bits per heavy atom. The molecule has 1 saturated carbocycles. The molecule has 66 valence electrons. The Labute approximate surface area is 68.8 Å². The second kappa shape index (κ2) is 3.11. The van der Waals surface area contributed by atoms with E-state index in [1.807, 2.05) is 13.8 Å². The molecule has 11 heavy (non-hydrogen) atoms. The third kappa shape index (κ3) is 2.17. The van der Waals surface area contributed by atoms with Crippen LogP contribution < -0.4 is 5.73 Å². The first kappa shape index (κ1) is 9.01. The molecule has 1 unspecified atom stereocenters. The van der Waals surface area contributed by atoms with Gasteiger partial charge in [0.25, 0.3) is 0 Å². The van der Waals surface area contributed by atoms with Crippen molar-refractivity contribution in [3.63, 3.8) is 0 Å². The van der Waals surface area contributed by atoms with Crippen molar-refractivity contribution in [3.05, 3.63) is 0 Å². The summed E-state index contributed by atoms with van der Waals surface area (Å²) in [7, 11) is 0. The largest absolute Gasteiger partial charge is 0.391 e. The summed E-state index contributed by atoms with van der Waals surface area (Å²) in [5.41, 5.74) is 5.39. The van der Waals surface area contributed by atoms with E-state index in [2.05, 4.69) is 0 Å². The molecule has 2 nitrogen and oxygen atoms in total. The van der Waals surface area contributed by atoms with Crippen molar-refractivity contribution >= 4 is 0 Å². The Balaban J connectivity index is 2.46. The second-order valence-corrected chi connectivity index (χ2v) is 4.31. The van der Waals surface area contributed by atoms with Crippen molar-refractivity contribution in [2.45, 2.75) is 51.2 Å². The van der Waals surface area contributed by atoms with Crippen LogP contribution in [0.5, 0.6) is 0 Å². The lowest BCUT2D eigenvalue weighted by Crippen LogP contribution is -2.48. The summed E-state index contributed by atoms with van der Waals surface area (Å²) >= 11 is 0. The lowest BCUT2D eigenvalue weighted by atomic mass is 9.87. The van der Waals surface area contributed by atoms with E-state index in [4.69, 9.17) is 5.73 Å². The molecule has 0 aromatic rings. The Hall–Kier alpha value is -0.0800. The van der Waals surface area contributed by atoms with E-state index < -0.39 is 5.54 Å². The van der Waals surface area contributed by atoms with Gasteiger partial charge in [0.1, 0.15) is 0 Å². The highest BCUT2D eigenvalue weighted by Crippen LogP contribution is 2.31. The highest BCUT2D eigenvalue weighted by molar-refractivity contribution is 4.88. The van der Waals surface area contributed by atoms with E-state index in [0.717, 1.165) is 12.8 Å². The molecule has 1 aliphatic carbocycles. The van der Waals surface area contributed by atoms with Crippen LogP contribution in [0.25, 0.3) is 0 Å². The maximum absolute atomic E-state index is 9.76. The van der Waals surface area contributed by atoms with Gasteiger partial charge in [-0.2, -0.15) is 0 Å². The lowest BCUT2D eigenvalue weighted by Gasteiger charge is -2.30. The molecule has 1 rings (SSSR count). The number of nitrogens with two attached hydrogens (primary N) is 1. The average Bonchev–Trinajstić information content (AvgIpc) is 2.34. The van der Waals surface area contributed by atoms with Gasteiger partial charge in [-0.15, -0.1) is 0 Å². The van der Waals surface area contributed by atoms with Crippen molar-refractivity contribution in [1.82, 2.24) is 0 Å². The van der Waals surface area contributed by atoms with Gasteiger partial charge in [-0.25, -0.2) is 0 Å². The fraction of sp³-hybridized carbons (Fsp3) is 1.00. The highest BCUT2D eigenvalue weighted by atomic mass is 16.3. The number of aliphatic hydroxyl groups excluding tert-OH is 1. The maximum atomic E-state index is 9.76. The summed E-state index contributed by atoms with van der Waals surface area (Å²) in [6, 6.07) is 0. The van der Waals surface area contributed by atoms with Crippen LogP contribution in [0.3, 0.4) is 0 Å². The minimum atomic E-state index is -0.422. The number of rotatable bonds is 2. The first-order chi connectivity index (χ1) is 5.02. The van der Waals surface area contributed by atoms with Gasteiger partial charge in [-0.3, -0.25) is 0 Å². The van der Waals surface area contributed by atoms with Gasteiger partial charge in [0.15, 0.2) is 0 Å². The summed E-state index contributed by atoms with van der Waals surface area (Å²) in [6.45, 7) is 3.80. The van der Waals surface area contributed by atoms with E-state index in [1.54, 1.807) is 0 Å². The van der Waals surface area contributed by atoms with Crippen LogP contribution in [0.2, 0.25) is 0 Å². The van der Waals surface area contributed by atoms with Gasteiger partial charge < -0.3 is 10.8 Å². The fourth-order valence-electron chi connectivity index (χ4n) is 1.88. The van der Waals surface area contributed by atoms with E-state index >= 15 is 0 Å². The van der Waals surface area contributed by atoms with E-state index in [1.165, 1.54) is 12.8 Å². The number of aliphatic hydroxyl groups is 1. The Kier molecular flexibility index (Phi) is 2.55. The second-order valence-electron chi connectivity index (χ2n) is 4.31. The minimum Gasteiger partial charge on any atom is -0.391 e. The molecule has 2 heteroatoms. The van der Waals surface area contributed by atoms with Crippen molar-refractivity contribution in [2.75, 3.05) is 0 Å². The minimum absolute atomic E-state index is 0.315. The number of hydrogen-bond donors (Lipinski definition) is 2. The number of hydrogen-bond acceptors (Lipinski definition) is 2. The Morgan fingerprint density at radius 3 is 2.18 bits per heavy atom. The molecule has 1 atom stereocenters. The molecule has 0 bridgehead atoms. The zero-order chi connectivity index (χ0) is 8.48. The molecule has 1 fully saturated rings. The molecule has 3 N–H and O–H groups in total. The summed E-state index contributed by atoms with van der Waals surface area (Å²) < 4.78 is 0. The summed E-state index contributed by atoms with van der Waals surface area (Å²) in [5.74, 6) is 0.454. The third-order valence-electron chi connectivity index (χ3n) is 2.61. The Morgan fingerprint density at radius 1 is 1.36 bits per heavy atom. The quantitative estimate of drug-likeness (QED) is 0.634. The first-order valence-corrected chi connectivity index (χ1v) is 4.49. The van der Waals surface area contributed by atoms with Gasteiger partial charge in [0.05, 0.1) is 6.10 Å². The van der Waals surface area contributed by atoms with E-state index in [9.17, 15) is 5.11 Å². The molecular weight excluding hydrogens is 138 g/mol. The molecule has 1 aliphatic rings. The van der Waals surface area contributed by atoms with Crippen molar-refractivity contribution in [3.8, 4) is 0 Å². The van der Waals surface area contributed by atoms with Gasteiger partial charge in [0.2, 0.25) is 0 Å².